The summed E-state index contributed by atoms with van der Waals surface area (Å²) in [6, 6.07) is 30.5. The molecule has 4 amide bonds. The quantitative estimate of drug-likeness (QED) is 0.0921. The molecule has 14 nitrogen and oxygen atoms in total. The van der Waals surface area contributed by atoms with E-state index in [0.717, 1.165) is 16.7 Å². The maximum atomic E-state index is 15.0. The molecule has 66 heavy (non-hydrogen) atoms. The fourth-order valence-electron chi connectivity index (χ4n) is 8.69. The molecule has 0 radical (unpaired) electrons. The van der Waals surface area contributed by atoms with Crippen LogP contribution in [0.25, 0.3) is 22.2 Å². The van der Waals surface area contributed by atoms with Crippen molar-refractivity contribution in [3.8, 4) is 28.5 Å². The first-order valence-electron chi connectivity index (χ1n) is 22.1. The van der Waals surface area contributed by atoms with Crippen LogP contribution in [0.15, 0.2) is 122 Å². The van der Waals surface area contributed by atoms with Gasteiger partial charge in [-0.05, 0) is 67.9 Å². The zero-order valence-electron chi connectivity index (χ0n) is 37.7. The van der Waals surface area contributed by atoms with Gasteiger partial charge in [0, 0.05) is 35.4 Å². The van der Waals surface area contributed by atoms with E-state index in [9.17, 15) is 27.6 Å². The SMILES string of the molecule is C=C[C@@H]1C[C@]1(NC(=O)[C@@H]1C[C@@H](Oc2cc(-c3ccccc3)nc3cc(OC)ccc23)CN1C(=O)[C@@H](NC(=O)Oc1ccc(C)cc1)C(C)(C)C)C(=O)NS(=O)(=O)C1(Cc2ccccc2)CC1. The van der Waals surface area contributed by atoms with Gasteiger partial charge < -0.3 is 29.7 Å². The van der Waals surface area contributed by atoms with Crippen molar-refractivity contribution in [1.82, 2.24) is 25.2 Å². The average Bonchev–Trinajstić information content (AvgIpc) is 4.20. The lowest BCUT2D eigenvalue weighted by atomic mass is 9.85. The molecule has 1 aromatic heterocycles. The molecule has 1 saturated heterocycles. The summed E-state index contributed by atoms with van der Waals surface area (Å²) in [7, 11) is -2.62. The molecule has 2 heterocycles. The van der Waals surface area contributed by atoms with E-state index < -0.39 is 73.6 Å². The number of hydrogen-bond acceptors (Lipinski definition) is 10. The molecule has 3 aliphatic rings. The number of aryl methyl sites for hydroxylation is 1. The minimum atomic E-state index is -4.19. The van der Waals surface area contributed by atoms with Crippen LogP contribution in [0, 0.1) is 18.3 Å². The zero-order valence-corrected chi connectivity index (χ0v) is 38.5. The van der Waals surface area contributed by atoms with Gasteiger partial charge >= 0.3 is 6.09 Å². The highest BCUT2D eigenvalue weighted by atomic mass is 32.2. The standard InChI is InChI=1S/C51H55N5O9S/c1-7-35-30-51(35,47(59)55-66(61,62)50(24-25-50)29-33-14-10-8-11-15-33)54-45(57)42-27-38(31-56(42)46(58)44(49(3,4)5)53-48(60)65-36-20-18-32(2)19-21-36)64-43-28-40(34-16-12-9-13-17-34)52-41-26-37(63-6)22-23-39(41)43/h7-23,26,28,35,38,42,44H,1,24-25,27,29-31H2,2-6H3,(H,53,60)(H,54,57)(H,55,59)/t35-,38-,42+,44-,51-/m1/s1. The Morgan fingerprint density at radius 3 is 2.21 bits per heavy atom. The number of nitrogens with one attached hydrogen (secondary N) is 3. The van der Waals surface area contributed by atoms with Gasteiger partial charge in [-0.1, -0.05) is 105 Å². The molecular formula is C51H55N5O9S. The fourth-order valence-corrected chi connectivity index (χ4v) is 10.3. The van der Waals surface area contributed by atoms with Crippen LogP contribution in [0.1, 0.15) is 57.6 Å². The first-order chi connectivity index (χ1) is 31.4. The number of benzene rings is 4. The first kappa shape index (κ1) is 45.8. The third-order valence-corrected chi connectivity index (χ3v) is 15.0. The number of carbonyl (C=O) groups is 4. The van der Waals surface area contributed by atoms with E-state index in [1.807, 2.05) is 79.7 Å². The van der Waals surface area contributed by atoms with E-state index in [1.54, 1.807) is 64.3 Å². The Hall–Kier alpha value is -6.74. The second-order valence-electron chi connectivity index (χ2n) is 18.7. The minimum absolute atomic E-state index is 0.0160. The Kier molecular flexibility index (Phi) is 12.4. The molecule has 0 spiro atoms. The third-order valence-electron chi connectivity index (χ3n) is 12.8. The molecule has 15 heteroatoms. The molecule has 5 atom stereocenters. The number of likely N-dealkylation sites (tertiary alicyclic amines) is 1. The van der Waals surface area contributed by atoms with Crippen LogP contribution < -0.4 is 29.6 Å². The number of fused-ring (bicyclic) bond motifs is 1. The molecule has 8 rings (SSSR count). The van der Waals surface area contributed by atoms with Gasteiger partial charge in [0.05, 0.1) is 29.6 Å². The number of nitrogens with zero attached hydrogens (tertiary/aromatic N) is 2. The van der Waals surface area contributed by atoms with Crippen molar-refractivity contribution < 1.29 is 41.8 Å². The number of hydrogen-bond donors (Lipinski definition) is 3. The van der Waals surface area contributed by atoms with E-state index in [0.29, 0.717) is 40.9 Å². The number of sulfonamides is 1. The Morgan fingerprint density at radius 1 is 0.924 bits per heavy atom. The van der Waals surface area contributed by atoms with Gasteiger partial charge in [-0.3, -0.25) is 19.1 Å². The highest BCUT2D eigenvalue weighted by Crippen LogP contribution is 2.49. The zero-order chi connectivity index (χ0) is 47.0. The summed E-state index contributed by atoms with van der Waals surface area (Å²) in [4.78, 5) is 63.7. The van der Waals surface area contributed by atoms with Crippen molar-refractivity contribution in [3.63, 3.8) is 0 Å². The van der Waals surface area contributed by atoms with Crippen LogP contribution in [0.3, 0.4) is 0 Å². The van der Waals surface area contributed by atoms with Crippen molar-refractivity contribution in [2.45, 2.75) is 88.3 Å². The van der Waals surface area contributed by atoms with Gasteiger partial charge in [0.1, 0.15) is 41.0 Å². The van der Waals surface area contributed by atoms with Crippen molar-refractivity contribution >= 4 is 44.7 Å². The second kappa shape index (κ2) is 17.9. The normalized spacial score (nSPS) is 21.2. The summed E-state index contributed by atoms with van der Waals surface area (Å²) in [6.07, 6.45) is 0.952. The van der Waals surface area contributed by atoms with Crippen LogP contribution in [0.5, 0.6) is 17.2 Å². The van der Waals surface area contributed by atoms with Crippen molar-refractivity contribution in [3.05, 3.63) is 133 Å². The molecule has 4 aromatic carbocycles. The summed E-state index contributed by atoms with van der Waals surface area (Å²) >= 11 is 0. The fraction of sp³-hybridized carbons (Fsp3) is 0.353. The van der Waals surface area contributed by atoms with E-state index >= 15 is 0 Å². The highest BCUT2D eigenvalue weighted by molar-refractivity contribution is 7.91. The van der Waals surface area contributed by atoms with Crippen LogP contribution in [0.2, 0.25) is 0 Å². The number of ether oxygens (including phenoxy) is 3. The van der Waals surface area contributed by atoms with Crippen LogP contribution in [-0.2, 0) is 30.8 Å². The van der Waals surface area contributed by atoms with Crippen LogP contribution in [0.4, 0.5) is 4.79 Å². The lowest BCUT2D eigenvalue weighted by molar-refractivity contribution is -0.142. The lowest BCUT2D eigenvalue weighted by Crippen LogP contribution is -2.60. The van der Waals surface area contributed by atoms with E-state index in [-0.39, 0.29) is 31.6 Å². The molecule has 2 aliphatic carbocycles. The predicted molar refractivity (Wildman–Crippen MR) is 250 cm³/mol. The van der Waals surface area contributed by atoms with Crippen LogP contribution in [-0.4, -0.2) is 84.2 Å². The molecular weight excluding hydrogens is 859 g/mol. The number of carbonyl (C=O) groups excluding carboxylic acids is 4. The number of rotatable bonds is 15. The molecule has 0 unspecified atom stereocenters. The number of pyridine rings is 1. The number of methoxy groups -OCH3 is 1. The predicted octanol–water partition coefficient (Wildman–Crippen LogP) is 7.05. The summed E-state index contributed by atoms with van der Waals surface area (Å²) in [5.74, 6) is -1.42. The highest BCUT2D eigenvalue weighted by Gasteiger charge is 2.63. The van der Waals surface area contributed by atoms with Gasteiger partial charge in [-0.2, -0.15) is 0 Å². The molecule has 0 bridgehead atoms. The van der Waals surface area contributed by atoms with Crippen molar-refractivity contribution in [1.29, 1.82) is 0 Å². The monoisotopic (exact) mass is 913 g/mol. The molecule has 3 N–H and O–H groups in total. The van der Waals surface area contributed by atoms with Crippen molar-refractivity contribution in [2.24, 2.45) is 11.3 Å². The van der Waals surface area contributed by atoms with Gasteiger partial charge in [-0.15, -0.1) is 6.58 Å². The maximum Gasteiger partial charge on any atom is 0.413 e. The van der Waals surface area contributed by atoms with Gasteiger partial charge in [0.25, 0.3) is 5.91 Å². The summed E-state index contributed by atoms with van der Waals surface area (Å²) in [5, 5.41) is 6.30. The Morgan fingerprint density at radius 2 is 1.59 bits per heavy atom. The second-order valence-corrected chi connectivity index (χ2v) is 20.7. The van der Waals surface area contributed by atoms with Gasteiger partial charge in [0.15, 0.2) is 0 Å². The van der Waals surface area contributed by atoms with E-state index in [1.165, 1.54) is 11.0 Å². The third kappa shape index (κ3) is 9.48. The smallest absolute Gasteiger partial charge is 0.413 e. The maximum absolute atomic E-state index is 15.0. The first-order valence-corrected chi connectivity index (χ1v) is 23.5. The Balaban J connectivity index is 1.10. The Labute approximate surface area is 385 Å². The molecule has 1 aliphatic heterocycles. The van der Waals surface area contributed by atoms with Crippen molar-refractivity contribution in [2.75, 3.05) is 13.7 Å². The largest absolute Gasteiger partial charge is 0.497 e. The minimum Gasteiger partial charge on any atom is -0.497 e. The van der Waals surface area contributed by atoms with E-state index in [4.69, 9.17) is 19.2 Å². The van der Waals surface area contributed by atoms with Crippen LogP contribution >= 0.6 is 0 Å². The van der Waals surface area contributed by atoms with Gasteiger partial charge in [-0.25, -0.2) is 18.2 Å². The van der Waals surface area contributed by atoms with E-state index in [2.05, 4.69) is 21.9 Å². The molecule has 5 aromatic rings. The summed E-state index contributed by atoms with van der Waals surface area (Å²) in [6.45, 7) is 11.0. The molecule has 2 saturated carbocycles. The molecule has 3 fully saturated rings. The lowest BCUT2D eigenvalue weighted by Gasteiger charge is -2.35. The average molecular weight is 914 g/mol. The van der Waals surface area contributed by atoms with Gasteiger partial charge in [0.2, 0.25) is 21.8 Å². The number of amides is 4. The topological polar surface area (TPSA) is 182 Å². The summed E-state index contributed by atoms with van der Waals surface area (Å²) in [5.41, 5.74) is 1.33. The molecule has 344 valence electrons. The number of aromatic nitrogens is 1. The Bertz CT molecular complexity index is 2780. The summed E-state index contributed by atoms with van der Waals surface area (Å²) < 4.78 is 46.9.